The Labute approximate surface area is 175 Å². The lowest BCUT2D eigenvalue weighted by molar-refractivity contribution is -0.123. The quantitative estimate of drug-likeness (QED) is 0.126. The lowest BCUT2D eigenvalue weighted by Gasteiger charge is -2.12. The SMILES string of the molecule is COc1ccc(C=C(C(=O)NCCOCCO)C(=O)NCCOCCO)cc1OC. The molecule has 0 aliphatic carbocycles. The van der Waals surface area contributed by atoms with Crippen LogP contribution < -0.4 is 20.1 Å². The number of aliphatic hydroxyl groups excluding tert-OH is 2. The molecule has 0 radical (unpaired) electrons. The number of methoxy groups -OCH3 is 2. The molecule has 0 aliphatic rings. The monoisotopic (exact) mass is 426 g/mol. The Hall–Kier alpha value is -2.66. The molecule has 0 aromatic heterocycles. The van der Waals surface area contributed by atoms with Crippen molar-refractivity contribution in [3.63, 3.8) is 0 Å². The molecular weight excluding hydrogens is 396 g/mol. The van der Waals surface area contributed by atoms with Gasteiger partial charge in [-0.05, 0) is 23.8 Å². The summed E-state index contributed by atoms with van der Waals surface area (Å²) in [5.41, 5.74) is 0.465. The van der Waals surface area contributed by atoms with Gasteiger partial charge in [-0.15, -0.1) is 0 Å². The summed E-state index contributed by atoms with van der Waals surface area (Å²) in [6, 6.07) is 5.01. The summed E-state index contributed by atoms with van der Waals surface area (Å²) in [5.74, 6) is -0.175. The zero-order valence-electron chi connectivity index (χ0n) is 17.3. The predicted molar refractivity (Wildman–Crippen MR) is 109 cm³/mol. The molecule has 0 unspecified atom stereocenters. The zero-order chi connectivity index (χ0) is 22.2. The molecule has 0 saturated heterocycles. The zero-order valence-corrected chi connectivity index (χ0v) is 17.3. The third kappa shape index (κ3) is 9.23. The van der Waals surface area contributed by atoms with Crippen LogP contribution in [-0.4, -0.2) is 89.0 Å². The third-order valence-corrected chi connectivity index (χ3v) is 3.74. The van der Waals surface area contributed by atoms with E-state index in [1.807, 2.05) is 0 Å². The molecule has 1 aromatic rings. The second kappa shape index (κ2) is 15.2. The number of hydrogen-bond acceptors (Lipinski definition) is 8. The van der Waals surface area contributed by atoms with Crippen LogP contribution in [0, 0.1) is 0 Å². The first-order chi connectivity index (χ1) is 14.6. The van der Waals surface area contributed by atoms with Crippen molar-refractivity contribution in [2.75, 3.05) is 67.0 Å². The number of benzene rings is 1. The van der Waals surface area contributed by atoms with Gasteiger partial charge >= 0.3 is 0 Å². The normalized spacial score (nSPS) is 10.3. The van der Waals surface area contributed by atoms with Gasteiger partial charge in [0.1, 0.15) is 5.57 Å². The van der Waals surface area contributed by atoms with E-state index in [-0.39, 0.29) is 58.3 Å². The topological polar surface area (TPSA) is 136 Å². The number of amides is 2. The van der Waals surface area contributed by atoms with Gasteiger partial charge in [0, 0.05) is 13.1 Å². The lowest BCUT2D eigenvalue weighted by atomic mass is 10.1. The minimum atomic E-state index is -0.578. The van der Waals surface area contributed by atoms with Crippen LogP contribution in [0.2, 0.25) is 0 Å². The van der Waals surface area contributed by atoms with E-state index < -0.39 is 11.8 Å². The summed E-state index contributed by atoms with van der Waals surface area (Å²) in [7, 11) is 3.00. The molecule has 1 rings (SSSR count). The Balaban J connectivity index is 2.91. The fraction of sp³-hybridized carbons (Fsp3) is 0.500. The fourth-order valence-corrected chi connectivity index (χ4v) is 2.34. The number of carbonyl (C=O) groups is 2. The summed E-state index contributed by atoms with van der Waals surface area (Å²) < 4.78 is 20.6. The van der Waals surface area contributed by atoms with Crippen LogP contribution in [0.15, 0.2) is 23.8 Å². The highest BCUT2D eigenvalue weighted by molar-refractivity contribution is 6.21. The molecule has 0 saturated carbocycles. The number of ether oxygens (including phenoxy) is 4. The molecule has 0 bridgehead atoms. The molecule has 10 nitrogen and oxygen atoms in total. The van der Waals surface area contributed by atoms with Crippen molar-refractivity contribution in [2.45, 2.75) is 0 Å². The molecule has 1 aromatic carbocycles. The molecule has 168 valence electrons. The molecule has 4 N–H and O–H groups in total. The molecule has 0 fully saturated rings. The second-order valence-corrected chi connectivity index (χ2v) is 5.86. The van der Waals surface area contributed by atoms with Crippen molar-refractivity contribution in [2.24, 2.45) is 0 Å². The van der Waals surface area contributed by atoms with Crippen molar-refractivity contribution in [3.05, 3.63) is 29.3 Å². The molecule has 10 heteroatoms. The van der Waals surface area contributed by atoms with E-state index in [1.54, 1.807) is 18.2 Å². The molecule has 2 amide bonds. The van der Waals surface area contributed by atoms with E-state index in [2.05, 4.69) is 10.6 Å². The summed E-state index contributed by atoms with van der Waals surface area (Å²) in [6.07, 6.45) is 1.44. The van der Waals surface area contributed by atoms with Gasteiger partial charge < -0.3 is 39.8 Å². The van der Waals surface area contributed by atoms with Crippen molar-refractivity contribution in [1.82, 2.24) is 10.6 Å². The Morgan fingerprint density at radius 1 is 0.867 bits per heavy atom. The first-order valence-electron chi connectivity index (χ1n) is 9.44. The van der Waals surface area contributed by atoms with E-state index in [9.17, 15) is 9.59 Å². The van der Waals surface area contributed by atoms with Gasteiger partial charge in [-0.3, -0.25) is 9.59 Å². The first-order valence-corrected chi connectivity index (χ1v) is 9.44. The molecule has 0 heterocycles. The molecule has 0 spiro atoms. The maximum atomic E-state index is 12.6. The van der Waals surface area contributed by atoms with Gasteiger partial charge in [0.15, 0.2) is 11.5 Å². The number of aliphatic hydroxyl groups is 2. The fourth-order valence-electron chi connectivity index (χ4n) is 2.34. The van der Waals surface area contributed by atoms with E-state index in [0.717, 1.165) is 0 Å². The maximum absolute atomic E-state index is 12.6. The van der Waals surface area contributed by atoms with Gasteiger partial charge in [0.2, 0.25) is 0 Å². The predicted octanol–water partition coefficient (Wildman–Crippen LogP) is -0.663. The molecule has 0 aliphatic heterocycles. The molecular formula is C20H30N2O8. The molecule has 0 atom stereocenters. The van der Waals surface area contributed by atoms with Crippen LogP contribution in [0.1, 0.15) is 5.56 Å². The van der Waals surface area contributed by atoms with Crippen LogP contribution >= 0.6 is 0 Å². The minimum Gasteiger partial charge on any atom is -0.493 e. The van der Waals surface area contributed by atoms with Gasteiger partial charge in [-0.1, -0.05) is 6.07 Å². The van der Waals surface area contributed by atoms with Crippen LogP contribution in [-0.2, 0) is 19.1 Å². The summed E-state index contributed by atoms with van der Waals surface area (Å²) in [6.45, 7) is 0.860. The number of rotatable bonds is 15. The second-order valence-electron chi connectivity index (χ2n) is 5.86. The van der Waals surface area contributed by atoms with Crippen LogP contribution in [0.25, 0.3) is 6.08 Å². The highest BCUT2D eigenvalue weighted by atomic mass is 16.5. The van der Waals surface area contributed by atoms with Crippen molar-refractivity contribution in [1.29, 1.82) is 0 Å². The Morgan fingerprint density at radius 3 is 1.87 bits per heavy atom. The van der Waals surface area contributed by atoms with Crippen LogP contribution in [0.3, 0.4) is 0 Å². The highest BCUT2D eigenvalue weighted by Gasteiger charge is 2.18. The van der Waals surface area contributed by atoms with E-state index in [4.69, 9.17) is 29.2 Å². The van der Waals surface area contributed by atoms with E-state index in [1.165, 1.54) is 20.3 Å². The van der Waals surface area contributed by atoms with Crippen molar-refractivity contribution >= 4 is 17.9 Å². The van der Waals surface area contributed by atoms with Gasteiger partial charge in [0.25, 0.3) is 11.8 Å². The van der Waals surface area contributed by atoms with Crippen LogP contribution in [0.5, 0.6) is 11.5 Å². The smallest absolute Gasteiger partial charge is 0.256 e. The summed E-state index contributed by atoms with van der Waals surface area (Å²) >= 11 is 0. The van der Waals surface area contributed by atoms with Gasteiger partial charge in [0.05, 0.1) is 53.9 Å². The Kier molecular flexibility index (Phi) is 12.9. The lowest BCUT2D eigenvalue weighted by Crippen LogP contribution is -2.37. The average molecular weight is 426 g/mol. The van der Waals surface area contributed by atoms with Gasteiger partial charge in [-0.2, -0.15) is 0 Å². The Morgan fingerprint density at radius 2 is 1.40 bits per heavy atom. The Bertz CT molecular complexity index is 665. The van der Waals surface area contributed by atoms with Crippen LogP contribution in [0.4, 0.5) is 0 Å². The van der Waals surface area contributed by atoms with Gasteiger partial charge in [-0.25, -0.2) is 0 Å². The third-order valence-electron chi connectivity index (χ3n) is 3.74. The summed E-state index contributed by atoms with van der Waals surface area (Å²) in [5, 5.41) is 22.6. The first kappa shape index (κ1) is 25.4. The minimum absolute atomic E-state index is 0.105. The summed E-state index contributed by atoms with van der Waals surface area (Å²) in [4.78, 5) is 25.1. The average Bonchev–Trinajstić information content (AvgIpc) is 2.76. The van der Waals surface area contributed by atoms with E-state index in [0.29, 0.717) is 17.1 Å². The maximum Gasteiger partial charge on any atom is 0.256 e. The van der Waals surface area contributed by atoms with Crippen molar-refractivity contribution in [3.8, 4) is 11.5 Å². The number of nitrogens with one attached hydrogen (secondary N) is 2. The standard InChI is InChI=1S/C20H30N2O8/c1-27-17-4-3-15(14-18(17)28-2)13-16(19(25)21-5-9-29-11-7-23)20(26)22-6-10-30-12-8-24/h3-4,13-14,23-24H,5-12H2,1-2H3,(H,21,25)(H,22,26). The van der Waals surface area contributed by atoms with E-state index >= 15 is 0 Å². The number of hydrogen-bond donors (Lipinski definition) is 4. The number of carbonyl (C=O) groups excluding carboxylic acids is 2. The molecule has 30 heavy (non-hydrogen) atoms. The van der Waals surface area contributed by atoms with Crippen molar-refractivity contribution < 1.29 is 38.7 Å². The largest absolute Gasteiger partial charge is 0.493 e. The highest BCUT2D eigenvalue weighted by Crippen LogP contribution is 2.28.